The molecule has 0 aliphatic rings. The lowest BCUT2D eigenvalue weighted by Crippen LogP contribution is -2.41. The van der Waals surface area contributed by atoms with Gasteiger partial charge in [-0.3, -0.25) is 4.79 Å². The molecule has 0 aliphatic carbocycles. The molecule has 2 aromatic carbocycles. The Morgan fingerprint density at radius 1 is 1.04 bits per heavy atom. The first-order chi connectivity index (χ1) is 12.7. The van der Waals surface area contributed by atoms with Gasteiger partial charge in [0, 0.05) is 11.1 Å². The molecule has 2 N–H and O–H groups in total. The van der Waals surface area contributed by atoms with Gasteiger partial charge in [0.1, 0.15) is 0 Å². The highest BCUT2D eigenvalue weighted by molar-refractivity contribution is 7.89. The molecule has 0 bridgehead atoms. The Hall–Kier alpha value is -2.00. The molecule has 2 rings (SSSR count). The minimum Gasteiger partial charge on any atom is -0.493 e. The SMILES string of the molecule is COc1ccc(S(=O)(=O)NC(C)C(=O)Nc2cc(Cl)ccc2Cl)cc1OC. The molecule has 27 heavy (non-hydrogen) atoms. The fourth-order valence-corrected chi connectivity index (χ4v) is 3.73. The topological polar surface area (TPSA) is 93.7 Å². The van der Waals surface area contributed by atoms with E-state index in [0.29, 0.717) is 10.8 Å². The average molecular weight is 433 g/mol. The van der Waals surface area contributed by atoms with Crippen LogP contribution in [0.1, 0.15) is 6.92 Å². The van der Waals surface area contributed by atoms with E-state index in [4.69, 9.17) is 32.7 Å². The van der Waals surface area contributed by atoms with Crippen LogP contribution >= 0.6 is 23.2 Å². The Morgan fingerprint density at radius 3 is 2.33 bits per heavy atom. The van der Waals surface area contributed by atoms with E-state index in [-0.39, 0.29) is 21.4 Å². The maximum Gasteiger partial charge on any atom is 0.242 e. The molecule has 0 spiro atoms. The first-order valence-electron chi connectivity index (χ1n) is 7.68. The highest BCUT2D eigenvalue weighted by atomic mass is 35.5. The molecule has 0 aliphatic heterocycles. The number of ether oxygens (including phenoxy) is 2. The van der Waals surface area contributed by atoms with Crippen LogP contribution in [0.2, 0.25) is 10.0 Å². The Bertz CT molecular complexity index is 950. The Balaban J connectivity index is 2.17. The van der Waals surface area contributed by atoms with Crippen LogP contribution in [0.25, 0.3) is 0 Å². The number of amides is 1. The van der Waals surface area contributed by atoms with Gasteiger partial charge < -0.3 is 14.8 Å². The zero-order valence-electron chi connectivity index (χ0n) is 14.7. The van der Waals surface area contributed by atoms with Gasteiger partial charge in [-0.05, 0) is 37.3 Å². The largest absolute Gasteiger partial charge is 0.493 e. The molecule has 146 valence electrons. The van der Waals surface area contributed by atoms with E-state index in [1.54, 1.807) is 6.07 Å². The number of anilines is 1. The van der Waals surface area contributed by atoms with Crippen LogP contribution < -0.4 is 19.5 Å². The van der Waals surface area contributed by atoms with Gasteiger partial charge in [0.2, 0.25) is 15.9 Å². The third-order valence-electron chi connectivity index (χ3n) is 3.58. The molecule has 2 aromatic rings. The molecule has 0 fully saturated rings. The second-order valence-electron chi connectivity index (χ2n) is 5.47. The lowest BCUT2D eigenvalue weighted by molar-refractivity contribution is -0.117. The van der Waals surface area contributed by atoms with Crippen molar-refractivity contribution in [1.29, 1.82) is 0 Å². The fraction of sp³-hybridized carbons (Fsp3) is 0.235. The molecular formula is C17H18Cl2N2O5S. The van der Waals surface area contributed by atoms with Crippen LogP contribution in [0, 0.1) is 0 Å². The quantitative estimate of drug-likeness (QED) is 0.699. The smallest absolute Gasteiger partial charge is 0.242 e. The highest BCUT2D eigenvalue weighted by Crippen LogP contribution is 2.29. The standard InChI is InChI=1S/C17H18Cl2N2O5S/c1-10(17(22)20-14-8-11(18)4-6-13(14)19)21-27(23,24)12-5-7-15(25-2)16(9-12)26-3/h4-10,21H,1-3H3,(H,20,22). The van der Waals surface area contributed by atoms with E-state index >= 15 is 0 Å². The summed E-state index contributed by atoms with van der Waals surface area (Å²) in [4.78, 5) is 12.3. The third-order valence-corrected chi connectivity index (χ3v) is 5.68. The lowest BCUT2D eigenvalue weighted by atomic mass is 10.3. The summed E-state index contributed by atoms with van der Waals surface area (Å²) in [7, 11) is -1.14. The number of hydrogen-bond acceptors (Lipinski definition) is 5. The molecule has 0 aromatic heterocycles. The summed E-state index contributed by atoms with van der Waals surface area (Å²) in [6, 6.07) is 7.61. The zero-order valence-corrected chi connectivity index (χ0v) is 17.1. The first kappa shape index (κ1) is 21.3. The molecule has 0 saturated carbocycles. The van der Waals surface area contributed by atoms with E-state index < -0.39 is 22.0 Å². The van der Waals surface area contributed by atoms with Gasteiger partial charge in [0.05, 0.1) is 35.9 Å². The fourth-order valence-electron chi connectivity index (χ4n) is 2.17. The van der Waals surface area contributed by atoms with E-state index in [1.165, 1.54) is 51.5 Å². The van der Waals surface area contributed by atoms with Gasteiger partial charge in [-0.1, -0.05) is 23.2 Å². The maximum atomic E-state index is 12.6. The second-order valence-corrected chi connectivity index (χ2v) is 8.03. The van der Waals surface area contributed by atoms with Crippen molar-refractivity contribution in [3.63, 3.8) is 0 Å². The number of benzene rings is 2. The monoisotopic (exact) mass is 432 g/mol. The van der Waals surface area contributed by atoms with Crippen LogP contribution in [0.4, 0.5) is 5.69 Å². The second kappa shape index (κ2) is 8.79. The van der Waals surface area contributed by atoms with E-state index in [9.17, 15) is 13.2 Å². The van der Waals surface area contributed by atoms with Gasteiger partial charge >= 0.3 is 0 Å². The summed E-state index contributed by atoms with van der Waals surface area (Å²) in [6.45, 7) is 1.41. The average Bonchev–Trinajstić information content (AvgIpc) is 2.63. The van der Waals surface area contributed by atoms with Crippen molar-refractivity contribution in [2.75, 3.05) is 19.5 Å². The van der Waals surface area contributed by atoms with Gasteiger partial charge in [-0.15, -0.1) is 0 Å². The highest BCUT2D eigenvalue weighted by Gasteiger charge is 2.24. The van der Waals surface area contributed by atoms with Crippen molar-refractivity contribution in [1.82, 2.24) is 4.72 Å². The molecule has 0 heterocycles. The number of carbonyl (C=O) groups excluding carboxylic acids is 1. The molecule has 1 atom stereocenters. The predicted octanol–water partition coefficient (Wildman–Crippen LogP) is 3.32. The van der Waals surface area contributed by atoms with E-state index in [0.717, 1.165) is 0 Å². The van der Waals surface area contributed by atoms with Crippen LogP contribution in [-0.2, 0) is 14.8 Å². The van der Waals surface area contributed by atoms with Gasteiger partial charge in [-0.25, -0.2) is 8.42 Å². The summed E-state index contributed by atoms with van der Waals surface area (Å²) >= 11 is 11.9. The summed E-state index contributed by atoms with van der Waals surface area (Å²) < 4.78 is 37.6. The van der Waals surface area contributed by atoms with E-state index in [2.05, 4.69) is 10.0 Å². The van der Waals surface area contributed by atoms with Crippen molar-refractivity contribution >= 4 is 44.8 Å². The summed E-state index contributed by atoms with van der Waals surface area (Å²) in [5.41, 5.74) is 0.284. The Labute approximate surface area is 167 Å². The molecule has 10 heteroatoms. The number of methoxy groups -OCH3 is 2. The zero-order chi connectivity index (χ0) is 20.2. The minimum atomic E-state index is -3.98. The number of halogens is 2. The lowest BCUT2D eigenvalue weighted by Gasteiger charge is -2.16. The summed E-state index contributed by atoms with van der Waals surface area (Å²) in [5.74, 6) is 0.0456. The Morgan fingerprint density at radius 2 is 1.70 bits per heavy atom. The van der Waals surface area contributed by atoms with E-state index in [1.807, 2.05) is 0 Å². The van der Waals surface area contributed by atoms with Crippen LogP contribution in [0.3, 0.4) is 0 Å². The van der Waals surface area contributed by atoms with Crippen molar-refractivity contribution < 1.29 is 22.7 Å². The maximum absolute atomic E-state index is 12.6. The van der Waals surface area contributed by atoms with Crippen molar-refractivity contribution in [3.8, 4) is 11.5 Å². The number of sulfonamides is 1. The van der Waals surface area contributed by atoms with Crippen molar-refractivity contribution in [2.24, 2.45) is 0 Å². The number of nitrogens with one attached hydrogen (secondary N) is 2. The number of carbonyl (C=O) groups is 1. The van der Waals surface area contributed by atoms with Gasteiger partial charge in [0.15, 0.2) is 11.5 Å². The number of rotatable bonds is 7. The molecular weight excluding hydrogens is 415 g/mol. The van der Waals surface area contributed by atoms with Crippen LogP contribution in [0.5, 0.6) is 11.5 Å². The predicted molar refractivity (Wildman–Crippen MR) is 104 cm³/mol. The van der Waals surface area contributed by atoms with Crippen LogP contribution in [-0.4, -0.2) is 34.6 Å². The molecule has 7 nitrogen and oxygen atoms in total. The minimum absolute atomic E-state index is 0.0689. The molecule has 1 amide bonds. The first-order valence-corrected chi connectivity index (χ1v) is 9.92. The number of hydrogen-bond donors (Lipinski definition) is 2. The van der Waals surface area contributed by atoms with Gasteiger partial charge in [0.25, 0.3) is 0 Å². The molecule has 0 saturated heterocycles. The van der Waals surface area contributed by atoms with Gasteiger partial charge in [-0.2, -0.15) is 4.72 Å². The summed E-state index contributed by atoms with van der Waals surface area (Å²) in [6.07, 6.45) is 0. The molecule has 1 unspecified atom stereocenters. The van der Waals surface area contributed by atoms with Crippen molar-refractivity contribution in [3.05, 3.63) is 46.4 Å². The third kappa shape index (κ3) is 5.26. The Kier molecular flexibility index (Phi) is 6.94. The van der Waals surface area contributed by atoms with Crippen molar-refractivity contribution in [2.45, 2.75) is 17.9 Å². The normalized spacial score (nSPS) is 12.3. The summed E-state index contributed by atoms with van der Waals surface area (Å²) in [5, 5.41) is 3.20. The molecule has 0 radical (unpaired) electrons. The van der Waals surface area contributed by atoms with Crippen LogP contribution in [0.15, 0.2) is 41.3 Å².